The fourth-order valence-corrected chi connectivity index (χ4v) is 3.88. The van der Waals surface area contributed by atoms with Crippen molar-refractivity contribution in [1.82, 2.24) is 15.1 Å². The molecule has 0 amide bonds. The minimum atomic E-state index is -0.210. The molecule has 3 rings (SSSR count). The van der Waals surface area contributed by atoms with E-state index in [-0.39, 0.29) is 5.82 Å². The summed E-state index contributed by atoms with van der Waals surface area (Å²) in [6.07, 6.45) is 6.49. The summed E-state index contributed by atoms with van der Waals surface area (Å²) in [5.41, 5.74) is 2.90. The molecule has 1 heterocycles. The van der Waals surface area contributed by atoms with Crippen molar-refractivity contribution in [1.29, 1.82) is 0 Å². The van der Waals surface area contributed by atoms with Crippen LogP contribution in [0.15, 0.2) is 24.3 Å². The number of ether oxygens (including phenoxy) is 1. The van der Waals surface area contributed by atoms with Crippen molar-refractivity contribution in [3.63, 3.8) is 0 Å². The zero-order chi connectivity index (χ0) is 18.5. The Morgan fingerprint density at radius 2 is 2.04 bits per heavy atom. The molecule has 0 spiro atoms. The minimum absolute atomic E-state index is 0.210. The number of hydrogen-bond acceptors (Lipinski definition) is 3. The van der Waals surface area contributed by atoms with E-state index < -0.39 is 0 Å². The number of rotatable bonds is 7. The summed E-state index contributed by atoms with van der Waals surface area (Å²) >= 11 is 0. The zero-order valence-corrected chi connectivity index (χ0v) is 16.1. The third kappa shape index (κ3) is 4.44. The van der Waals surface area contributed by atoms with Crippen LogP contribution in [0.1, 0.15) is 61.9 Å². The quantitative estimate of drug-likeness (QED) is 0.774. The van der Waals surface area contributed by atoms with Gasteiger partial charge in [0.2, 0.25) is 5.88 Å². The third-order valence-electron chi connectivity index (χ3n) is 5.51. The molecule has 1 unspecified atom stereocenters. The summed E-state index contributed by atoms with van der Waals surface area (Å²) in [7, 11) is 1.92. The monoisotopic (exact) mass is 359 g/mol. The van der Waals surface area contributed by atoms with E-state index in [0.29, 0.717) is 18.6 Å². The lowest BCUT2D eigenvalue weighted by molar-refractivity contribution is 0.209. The van der Waals surface area contributed by atoms with E-state index in [9.17, 15) is 4.39 Å². The lowest BCUT2D eigenvalue weighted by Crippen LogP contribution is -2.21. The van der Waals surface area contributed by atoms with Gasteiger partial charge in [0.1, 0.15) is 12.4 Å². The highest BCUT2D eigenvalue weighted by molar-refractivity contribution is 5.27. The first kappa shape index (κ1) is 18.9. The standard InChI is InChI=1S/C21H30FN3O/c1-15-11-19(22)10-9-18(15)14-26-21-12-20(13-23-3)24-25(21)16(2)17-7-5-4-6-8-17/h9-12,16-17,23H,4-8,13-14H2,1-3H3. The molecule has 0 bridgehead atoms. The van der Waals surface area contributed by atoms with Crippen LogP contribution in [-0.2, 0) is 13.2 Å². The van der Waals surface area contributed by atoms with E-state index in [1.165, 1.54) is 38.2 Å². The van der Waals surface area contributed by atoms with E-state index in [0.717, 1.165) is 29.2 Å². The van der Waals surface area contributed by atoms with E-state index >= 15 is 0 Å². The van der Waals surface area contributed by atoms with Crippen molar-refractivity contribution in [2.75, 3.05) is 7.05 Å². The highest BCUT2D eigenvalue weighted by Gasteiger charge is 2.25. The van der Waals surface area contributed by atoms with Gasteiger partial charge in [-0.3, -0.25) is 0 Å². The lowest BCUT2D eigenvalue weighted by Gasteiger charge is -2.28. The largest absolute Gasteiger partial charge is 0.473 e. The van der Waals surface area contributed by atoms with Crippen LogP contribution in [0.4, 0.5) is 4.39 Å². The van der Waals surface area contributed by atoms with Gasteiger partial charge in [0, 0.05) is 12.6 Å². The maximum atomic E-state index is 13.3. The Labute approximate surface area is 155 Å². The van der Waals surface area contributed by atoms with Crippen LogP contribution < -0.4 is 10.1 Å². The van der Waals surface area contributed by atoms with E-state index in [1.807, 2.05) is 20.0 Å². The molecule has 1 aliphatic rings. The molecule has 1 saturated carbocycles. The number of aryl methyl sites for hydroxylation is 1. The van der Waals surface area contributed by atoms with E-state index in [4.69, 9.17) is 9.84 Å². The van der Waals surface area contributed by atoms with Gasteiger partial charge in [-0.2, -0.15) is 5.10 Å². The molecule has 0 aliphatic heterocycles. The molecule has 0 radical (unpaired) electrons. The van der Waals surface area contributed by atoms with Gasteiger partial charge in [0.05, 0.1) is 11.7 Å². The SMILES string of the molecule is CNCc1cc(OCc2ccc(F)cc2C)n(C(C)C2CCCCC2)n1. The number of aromatic nitrogens is 2. The van der Waals surface area contributed by atoms with E-state index in [2.05, 4.69) is 16.9 Å². The maximum absolute atomic E-state index is 13.3. The normalized spacial score (nSPS) is 16.6. The summed E-state index contributed by atoms with van der Waals surface area (Å²) in [5.74, 6) is 1.25. The number of benzene rings is 1. The molecule has 1 fully saturated rings. The van der Waals surface area contributed by atoms with Crippen molar-refractivity contribution in [2.45, 2.75) is 65.1 Å². The average molecular weight is 359 g/mol. The Morgan fingerprint density at radius 1 is 1.27 bits per heavy atom. The van der Waals surface area contributed by atoms with Crippen molar-refractivity contribution in [3.05, 3.63) is 46.9 Å². The van der Waals surface area contributed by atoms with Crippen LogP contribution in [0.3, 0.4) is 0 Å². The van der Waals surface area contributed by atoms with Gasteiger partial charge < -0.3 is 10.1 Å². The first-order valence-electron chi connectivity index (χ1n) is 9.69. The highest BCUT2D eigenvalue weighted by atomic mass is 19.1. The van der Waals surface area contributed by atoms with Crippen LogP contribution >= 0.6 is 0 Å². The zero-order valence-electron chi connectivity index (χ0n) is 16.1. The predicted molar refractivity (Wildman–Crippen MR) is 102 cm³/mol. The second-order valence-electron chi connectivity index (χ2n) is 7.45. The van der Waals surface area contributed by atoms with Crippen LogP contribution in [0, 0.1) is 18.7 Å². The maximum Gasteiger partial charge on any atom is 0.212 e. The number of nitrogens with one attached hydrogen (secondary N) is 1. The third-order valence-corrected chi connectivity index (χ3v) is 5.51. The Hall–Kier alpha value is -1.88. The second-order valence-corrected chi connectivity index (χ2v) is 7.45. The Kier molecular flexibility index (Phi) is 6.30. The summed E-state index contributed by atoms with van der Waals surface area (Å²) < 4.78 is 21.5. The van der Waals surface area contributed by atoms with Crippen LogP contribution in [0.5, 0.6) is 5.88 Å². The fourth-order valence-electron chi connectivity index (χ4n) is 3.88. The Balaban J connectivity index is 1.78. The molecule has 1 aromatic heterocycles. The van der Waals surface area contributed by atoms with Crippen LogP contribution in [0.2, 0.25) is 0 Å². The van der Waals surface area contributed by atoms with Gasteiger partial charge in [0.25, 0.3) is 0 Å². The molecular weight excluding hydrogens is 329 g/mol. The van der Waals surface area contributed by atoms with Crippen molar-refractivity contribution >= 4 is 0 Å². The first-order chi connectivity index (χ1) is 12.6. The molecule has 4 nitrogen and oxygen atoms in total. The summed E-state index contributed by atoms with van der Waals surface area (Å²) in [6.45, 7) is 5.31. The summed E-state index contributed by atoms with van der Waals surface area (Å²) in [6, 6.07) is 7.18. The molecule has 1 aliphatic carbocycles. The summed E-state index contributed by atoms with van der Waals surface area (Å²) in [4.78, 5) is 0. The first-order valence-corrected chi connectivity index (χ1v) is 9.69. The van der Waals surface area contributed by atoms with Gasteiger partial charge in [-0.25, -0.2) is 9.07 Å². The molecule has 5 heteroatoms. The Morgan fingerprint density at radius 3 is 2.73 bits per heavy atom. The lowest BCUT2D eigenvalue weighted by atomic mass is 9.85. The van der Waals surface area contributed by atoms with E-state index in [1.54, 1.807) is 12.1 Å². The molecule has 26 heavy (non-hydrogen) atoms. The predicted octanol–water partition coefficient (Wildman–Crippen LogP) is 4.77. The minimum Gasteiger partial charge on any atom is -0.473 e. The van der Waals surface area contributed by atoms with Crippen LogP contribution in [0.25, 0.3) is 0 Å². The van der Waals surface area contributed by atoms with Crippen LogP contribution in [-0.4, -0.2) is 16.8 Å². The molecule has 1 atom stereocenters. The molecule has 0 saturated heterocycles. The number of hydrogen-bond donors (Lipinski definition) is 1. The molecule has 1 N–H and O–H groups in total. The molecule has 2 aromatic rings. The van der Waals surface area contributed by atoms with Gasteiger partial charge in [-0.1, -0.05) is 25.3 Å². The topological polar surface area (TPSA) is 39.1 Å². The highest BCUT2D eigenvalue weighted by Crippen LogP contribution is 2.35. The second kappa shape index (κ2) is 8.67. The molecular formula is C21H30FN3O. The van der Waals surface area contributed by atoms with Gasteiger partial charge in [0.15, 0.2) is 0 Å². The smallest absolute Gasteiger partial charge is 0.212 e. The van der Waals surface area contributed by atoms with Crippen molar-refractivity contribution in [3.8, 4) is 5.88 Å². The van der Waals surface area contributed by atoms with Gasteiger partial charge in [-0.05, 0) is 62.9 Å². The number of halogens is 1. The number of nitrogens with zero attached hydrogens (tertiary/aromatic N) is 2. The molecule has 1 aromatic carbocycles. The summed E-state index contributed by atoms with van der Waals surface area (Å²) in [5, 5.41) is 7.95. The Bertz CT molecular complexity index is 722. The van der Waals surface area contributed by atoms with Crippen molar-refractivity contribution in [2.24, 2.45) is 5.92 Å². The molecule has 142 valence electrons. The van der Waals surface area contributed by atoms with Gasteiger partial charge in [-0.15, -0.1) is 0 Å². The van der Waals surface area contributed by atoms with Crippen molar-refractivity contribution < 1.29 is 9.13 Å². The van der Waals surface area contributed by atoms with Gasteiger partial charge >= 0.3 is 0 Å². The average Bonchev–Trinajstić information content (AvgIpc) is 3.04. The fraction of sp³-hybridized carbons (Fsp3) is 0.571.